The molecule has 1 N–H and O–H groups in total. The van der Waals surface area contributed by atoms with E-state index in [1.54, 1.807) is 42.5 Å². The summed E-state index contributed by atoms with van der Waals surface area (Å²) < 4.78 is 1.13. The van der Waals surface area contributed by atoms with Gasteiger partial charge in [-0.3, -0.25) is 9.59 Å². The van der Waals surface area contributed by atoms with E-state index in [-0.39, 0.29) is 17.9 Å². The van der Waals surface area contributed by atoms with E-state index in [1.807, 2.05) is 29.2 Å². The standard InChI is InChI=1S/C21H20ClN3O2S/c1-13(23-19(26)14-8-10-15(22)11-9-14)21(27)25-12-4-6-17(25)20-24-16-5-2-3-7-18(16)28-20/h2-3,5,7-11,13,17H,4,6,12H2,1H3,(H,23,26). The molecule has 0 radical (unpaired) electrons. The van der Waals surface area contributed by atoms with Crippen molar-refractivity contribution >= 4 is 45.0 Å². The van der Waals surface area contributed by atoms with Gasteiger partial charge in [0.05, 0.1) is 16.3 Å². The molecule has 2 atom stereocenters. The lowest BCUT2D eigenvalue weighted by atomic mass is 10.2. The normalized spacial score (nSPS) is 17.6. The highest BCUT2D eigenvalue weighted by molar-refractivity contribution is 7.18. The Morgan fingerprint density at radius 1 is 1.21 bits per heavy atom. The number of nitrogens with zero attached hydrogens (tertiary/aromatic N) is 2. The summed E-state index contributed by atoms with van der Waals surface area (Å²) in [6, 6.07) is 14.0. The van der Waals surface area contributed by atoms with Crippen molar-refractivity contribution in [1.82, 2.24) is 15.2 Å². The summed E-state index contributed by atoms with van der Waals surface area (Å²) in [7, 11) is 0. The topological polar surface area (TPSA) is 62.3 Å². The van der Waals surface area contributed by atoms with Crippen LogP contribution in [0, 0.1) is 0 Å². The maximum atomic E-state index is 13.0. The first-order valence-electron chi connectivity index (χ1n) is 9.25. The molecular formula is C21H20ClN3O2S. The summed E-state index contributed by atoms with van der Waals surface area (Å²) in [5.74, 6) is -0.364. The van der Waals surface area contributed by atoms with E-state index in [4.69, 9.17) is 16.6 Å². The van der Waals surface area contributed by atoms with E-state index in [0.717, 1.165) is 28.1 Å². The second kappa shape index (κ2) is 7.89. The van der Waals surface area contributed by atoms with Crippen molar-refractivity contribution in [3.8, 4) is 0 Å². The SMILES string of the molecule is CC(NC(=O)c1ccc(Cl)cc1)C(=O)N1CCCC1c1nc2ccccc2s1. The van der Waals surface area contributed by atoms with Crippen LogP contribution in [0.1, 0.15) is 41.2 Å². The molecule has 1 saturated heterocycles. The largest absolute Gasteiger partial charge is 0.341 e. The second-order valence-electron chi connectivity index (χ2n) is 6.91. The number of fused-ring (bicyclic) bond motifs is 1. The highest BCUT2D eigenvalue weighted by Crippen LogP contribution is 2.36. The number of carbonyl (C=O) groups excluding carboxylic acids is 2. The van der Waals surface area contributed by atoms with Gasteiger partial charge in [0.1, 0.15) is 11.0 Å². The smallest absolute Gasteiger partial charge is 0.251 e. The molecule has 1 aliphatic heterocycles. The molecule has 4 rings (SSSR count). The van der Waals surface area contributed by atoms with Crippen molar-refractivity contribution in [1.29, 1.82) is 0 Å². The van der Waals surface area contributed by atoms with Crippen LogP contribution < -0.4 is 5.32 Å². The molecule has 1 fully saturated rings. The molecule has 144 valence electrons. The molecule has 28 heavy (non-hydrogen) atoms. The highest BCUT2D eigenvalue weighted by atomic mass is 35.5. The molecule has 2 heterocycles. The number of benzene rings is 2. The highest BCUT2D eigenvalue weighted by Gasteiger charge is 2.34. The van der Waals surface area contributed by atoms with E-state index in [9.17, 15) is 9.59 Å². The van der Waals surface area contributed by atoms with Gasteiger partial charge in [-0.15, -0.1) is 11.3 Å². The fourth-order valence-corrected chi connectivity index (χ4v) is 4.75. The quantitative estimate of drug-likeness (QED) is 0.688. The molecule has 0 spiro atoms. The van der Waals surface area contributed by atoms with E-state index in [1.165, 1.54) is 0 Å². The van der Waals surface area contributed by atoms with Gasteiger partial charge < -0.3 is 10.2 Å². The van der Waals surface area contributed by atoms with Gasteiger partial charge in [-0.25, -0.2) is 4.98 Å². The molecule has 2 amide bonds. The van der Waals surface area contributed by atoms with Crippen LogP contribution in [0.5, 0.6) is 0 Å². The van der Waals surface area contributed by atoms with E-state index < -0.39 is 6.04 Å². The summed E-state index contributed by atoms with van der Waals surface area (Å²) in [5, 5.41) is 4.33. The minimum atomic E-state index is -0.613. The summed E-state index contributed by atoms with van der Waals surface area (Å²) in [5.41, 5.74) is 1.44. The number of hydrogen-bond donors (Lipinski definition) is 1. The van der Waals surface area contributed by atoms with Gasteiger partial charge in [0.25, 0.3) is 5.91 Å². The van der Waals surface area contributed by atoms with Crippen LogP contribution in [0.15, 0.2) is 48.5 Å². The van der Waals surface area contributed by atoms with Crippen molar-refractivity contribution in [2.45, 2.75) is 31.8 Å². The fourth-order valence-electron chi connectivity index (χ4n) is 3.51. The number of nitrogens with one attached hydrogen (secondary N) is 1. The number of thiazole rings is 1. The molecule has 1 aromatic heterocycles. The minimum Gasteiger partial charge on any atom is -0.341 e. The van der Waals surface area contributed by atoms with Crippen LogP contribution >= 0.6 is 22.9 Å². The molecule has 5 nitrogen and oxygen atoms in total. The first-order chi connectivity index (χ1) is 13.5. The van der Waals surface area contributed by atoms with Gasteiger partial charge in [0.15, 0.2) is 0 Å². The number of aromatic nitrogens is 1. The van der Waals surface area contributed by atoms with Crippen molar-refractivity contribution in [2.24, 2.45) is 0 Å². The number of hydrogen-bond acceptors (Lipinski definition) is 4. The molecule has 1 aliphatic rings. The Morgan fingerprint density at radius 3 is 2.71 bits per heavy atom. The second-order valence-corrected chi connectivity index (χ2v) is 8.41. The zero-order valence-electron chi connectivity index (χ0n) is 15.4. The van der Waals surface area contributed by atoms with Gasteiger partial charge in [-0.05, 0) is 56.2 Å². The molecule has 0 saturated carbocycles. The Balaban J connectivity index is 1.48. The van der Waals surface area contributed by atoms with Crippen molar-refractivity contribution in [3.05, 3.63) is 64.1 Å². The Kier molecular flexibility index (Phi) is 5.33. The zero-order valence-corrected chi connectivity index (χ0v) is 17.0. The Bertz CT molecular complexity index is 985. The predicted molar refractivity (Wildman–Crippen MR) is 112 cm³/mol. The number of amides is 2. The van der Waals surface area contributed by atoms with Gasteiger partial charge in [0, 0.05) is 17.1 Å². The summed E-state index contributed by atoms with van der Waals surface area (Å²) >= 11 is 7.50. The average molecular weight is 414 g/mol. The summed E-state index contributed by atoms with van der Waals surface area (Å²) in [6.45, 7) is 2.41. The number of rotatable bonds is 4. The molecule has 0 aliphatic carbocycles. The van der Waals surface area contributed by atoms with Gasteiger partial charge in [-0.1, -0.05) is 23.7 Å². The first-order valence-corrected chi connectivity index (χ1v) is 10.4. The molecule has 3 aromatic rings. The molecule has 2 unspecified atom stereocenters. The third kappa shape index (κ3) is 3.75. The van der Waals surface area contributed by atoms with Crippen LogP contribution in [0.25, 0.3) is 10.2 Å². The average Bonchev–Trinajstić information content (AvgIpc) is 3.34. The van der Waals surface area contributed by atoms with Crippen molar-refractivity contribution in [2.75, 3.05) is 6.54 Å². The lowest BCUT2D eigenvalue weighted by Crippen LogP contribution is -2.46. The first kappa shape index (κ1) is 18.9. The lowest BCUT2D eigenvalue weighted by molar-refractivity contribution is -0.133. The third-order valence-electron chi connectivity index (χ3n) is 4.96. The van der Waals surface area contributed by atoms with Crippen molar-refractivity contribution < 1.29 is 9.59 Å². The minimum absolute atomic E-state index is 0.0280. The molecule has 7 heteroatoms. The Morgan fingerprint density at radius 2 is 1.96 bits per heavy atom. The molecular weight excluding hydrogens is 394 g/mol. The predicted octanol–water partition coefficient (Wildman–Crippen LogP) is 4.43. The summed E-state index contributed by atoms with van der Waals surface area (Å²) in [4.78, 5) is 32.0. The van der Waals surface area contributed by atoms with Crippen LogP contribution in [0.4, 0.5) is 0 Å². The maximum Gasteiger partial charge on any atom is 0.251 e. The third-order valence-corrected chi connectivity index (χ3v) is 6.35. The van der Waals surface area contributed by atoms with Crippen LogP contribution in [-0.2, 0) is 4.79 Å². The van der Waals surface area contributed by atoms with E-state index in [2.05, 4.69) is 5.32 Å². The number of halogens is 1. The van der Waals surface area contributed by atoms with E-state index >= 15 is 0 Å². The van der Waals surface area contributed by atoms with Crippen LogP contribution in [0.3, 0.4) is 0 Å². The molecule has 2 aromatic carbocycles. The maximum absolute atomic E-state index is 13.0. The van der Waals surface area contributed by atoms with Crippen LogP contribution in [0.2, 0.25) is 5.02 Å². The van der Waals surface area contributed by atoms with Crippen molar-refractivity contribution in [3.63, 3.8) is 0 Å². The number of likely N-dealkylation sites (tertiary alicyclic amines) is 1. The Labute approximate surface area is 172 Å². The van der Waals surface area contributed by atoms with Gasteiger partial charge in [-0.2, -0.15) is 0 Å². The molecule has 0 bridgehead atoms. The van der Waals surface area contributed by atoms with Gasteiger partial charge >= 0.3 is 0 Å². The number of para-hydroxylation sites is 1. The summed E-state index contributed by atoms with van der Waals surface area (Å²) in [6.07, 6.45) is 1.83. The monoisotopic (exact) mass is 413 g/mol. The fraction of sp³-hybridized carbons (Fsp3) is 0.286. The van der Waals surface area contributed by atoms with Crippen LogP contribution in [-0.4, -0.2) is 34.3 Å². The zero-order chi connectivity index (χ0) is 19.7. The van der Waals surface area contributed by atoms with Gasteiger partial charge in [0.2, 0.25) is 5.91 Å². The lowest BCUT2D eigenvalue weighted by Gasteiger charge is -2.26. The number of carbonyl (C=O) groups is 2. The van der Waals surface area contributed by atoms with E-state index in [0.29, 0.717) is 17.1 Å². The Hall–Kier alpha value is -2.44.